The maximum absolute atomic E-state index is 9.12. The van der Waals surface area contributed by atoms with Gasteiger partial charge in [0.1, 0.15) is 0 Å². The van der Waals surface area contributed by atoms with E-state index in [9.17, 15) is 0 Å². The molecule has 2 aromatic rings. The van der Waals surface area contributed by atoms with Gasteiger partial charge in [-0.15, -0.1) is 0 Å². The van der Waals surface area contributed by atoms with Crippen LogP contribution in [0.25, 0.3) is 11.1 Å². The van der Waals surface area contributed by atoms with Crippen LogP contribution in [0.15, 0.2) is 36.4 Å². The summed E-state index contributed by atoms with van der Waals surface area (Å²) in [6, 6.07) is 13.9. The number of rotatable bonds is 16. The zero-order valence-electron chi connectivity index (χ0n) is 23.2. The molecule has 1 fully saturated rings. The standard InChI is InChI=1S/C31H46B2O4/c1-3-5-7-9-17-31(18-10-8-6-4-2)29-23-25(32-35-20-11-19-34)13-15-27(29)28-16-14-26(24-30(28)31)33-36-21-12-22-37-33/h13-16,23-24,32,34H,3-12,17-22H2,1-2H3. The SMILES string of the molecule is CCCCCCC1(CCCCCC)c2cc(BOCCCO)ccc2-c2ccc(B3OCCCO3)cc21. The van der Waals surface area contributed by atoms with Gasteiger partial charge in [0.25, 0.3) is 0 Å². The van der Waals surface area contributed by atoms with E-state index in [0.717, 1.165) is 25.1 Å². The zero-order chi connectivity index (χ0) is 25.9. The highest BCUT2D eigenvalue weighted by Gasteiger charge is 2.43. The van der Waals surface area contributed by atoms with E-state index >= 15 is 0 Å². The molecule has 37 heavy (non-hydrogen) atoms. The number of hydrogen-bond acceptors (Lipinski definition) is 4. The molecule has 0 amide bonds. The van der Waals surface area contributed by atoms with Crippen molar-refractivity contribution in [3.05, 3.63) is 47.5 Å². The summed E-state index contributed by atoms with van der Waals surface area (Å²) >= 11 is 0. The second-order valence-corrected chi connectivity index (χ2v) is 10.9. The third-order valence-corrected chi connectivity index (χ3v) is 8.18. The summed E-state index contributed by atoms with van der Waals surface area (Å²) < 4.78 is 17.9. The Labute approximate surface area is 225 Å². The van der Waals surface area contributed by atoms with Crippen LogP contribution in [0.1, 0.15) is 102 Å². The van der Waals surface area contributed by atoms with Gasteiger partial charge in [-0.1, -0.05) is 107 Å². The lowest BCUT2D eigenvalue weighted by Crippen LogP contribution is -2.41. The van der Waals surface area contributed by atoms with Crippen molar-refractivity contribution >= 4 is 25.5 Å². The summed E-state index contributed by atoms with van der Waals surface area (Å²) in [5.41, 5.74) is 8.15. The summed E-state index contributed by atoms with van der Waals surface area (Å²) in [4.78, 5) is 0. The van der Waals surface area contributed by atoms with Gasteiger partial charge in [-0.05, 0) is 53.4 Å². The predicted molar refractivity (Wildman–Crippen MR) is 157 cm³/mol. The molecule has 1 aliphatic heterocycles. The molecule has 1 aliphatic carbocycles. The fraction of sp³-hybridized carbons (Fsp3) is 0.613. The summed E-state index contributed by atoms with van der Waals surface area (Å²) in [6.45, 7) is 6.88. The lowest BCUT2D eigenvalue weighted by Gasteiger charge is -2.34. The molecule has 1 heterocycles. The Morgan fingerprint density at radius 3 is 2.14 bits per heavy atom. The van der Waals surface area contributed by atoms with Crippen LogP contribution in [0.2, 0.25) is 0 Å². The van der Waals surface area contributed by atoms with Gasteiger partial charge < -0.3 is 19.1 Å². The summed E-state index contributed by atoms with van der Waals surface area (Å²) in [5, 5.41) is 9.12. The molecule has 0 spiro atoms. The number of hydrogen-bond donors (Lipinski definition) is 1. The van der Waals surface area contributed by atoms with Gasteiger partial charge in [-0.3, -0.25) is 0 Å². The molecule has 4 rings (SSSR count). The average Bonchev–Trinajstić information content (AvgIpc) is 3.20. The van der Waals surface area contributed by atoms with Crippen LogP contribution in [0.3, 0.4) is 0 Å². The number of aliphatic hydroxyl groups excluding tert-OH is 1. The van der Waals surface area contributed by atoms with Crippen LogP contribution in [0.4, 0.5) is 0 Å². The zero-order valence-corrected chi connectivity index (χ0v) is 23.2. The van der Waals surface area contributed by atoms with Gasteiger partial charge in [-0.25, -0.2) is 0 Å². The van der Waals surface area contributed by atoms with E-state index in [0.29, 0.717) is 20.5 Å². The summed E-state index contributed by atoms with van der Waals surface area (Å²) in [5.74, 6) is 0. The lowest BCUT2D eigenvalue weighted by atomic mass is 9.67. The van der Waals surface area contributed by atoms with Crippen LogP contribution in [-0.2, 0) is 19.4 Å². The van der Waals surface area contributed by atoms with Crippen molar-refractivity contribution in [2.75, 3.05) is 26.4 Å². The molecule has 200 valence electrons. The second kappa shape index (κ2) is 14.5. The lowest BCUT2D eigenvalue weighted by molar-refractivity contribution is 0.143. The van der Waals surface area contributed by atoms with Crippen molar-refractivity contribution in [2.45, 2.75) is 96.3 Å². The molecule has 2 aromatic carbocycles. The smallest absolute Gasteiger partial charge is 0.434 e. The normalized spacial score (nSPS) is 16.0. The van der Waals surface area contributed by atoms with Crippen molar-refractivity contribution in [1.82, 2.24) is 0 Å². The quantitative estimate of drug-likeness (QED) is 0.246. The second-order valence-electron chi connectivity index (χ2n) is 10.9. The van der Waals surface area contributed by atoms with Gasteiger partial charge in [0.15, 0.2) is 0 Å². The minimum absolute atomic E-state index is 0.0257. The average molecular weight is 504 g/mol. The van der Waals surface area contributed by atoms with Crippen LogP contribution in [-0.4, -0.2) is 46.1 Å². The van der Waals surface area contributed by atoms with E-state index in [4.69, 9.17) is 19.1 Å². The first-order chi connectivity index (χ1) is 18.2. The van der Waals surface area contributed by atoms with E-state index in [-0.39, 0.29) is 19.1 Å². The molecule has 2 aliphatic rings. The molecule has 0 bridgehead atoms. The Morgan fingerprint density at radius 2 is 1.49 bits per heavy atom. The first-order valence-corrected chi connectivity index (χ1v) is 14.9. The summed E-state index contributed by atoms with van der Waals surface area (Å²) in [6.07, 6.45) is 14.2. The first kappa shape index (κ1) is 28.4. The van der Waals surface area contributed by atoms with E-state index in [1.807, 2.05) is 0 Å². The Kier molecular flexibility index (Phi) is 11.2. The molecule has 1 saturated heterocycles. The molecule has 1 N–H and O–H groups in total. The van der Waals surface area contributed by atoms with Gasteiger partial charge in [0.2, 0.25) is 0 Å². The largest absolute Gasteiger partial charge is 0.493 e. The number of benzene rings is 2. The van der Waals surface area contributed by atoms with E-state index in [1.165, 1.54) is 91.9 Å². The minimum atomic E-state index is -0.254. The molecular formula is C31H46B2O4. The van der Waals surface area contributed by atoms with Crippen LogP contribution >= 0.6 is 0 Å². The van der Waals surface area contributed by atoms with Crippen LogP contribution < -0.4 is 10.9 Å². The molecule has 4 nitrogen and oxygen atoms in total. The van der Waals surface area contributed by atoms with Crippen molar-refractivity contribution in [2.24, 2.45) is 0 Å². The Balaban J connectivity index is 1.72. The highest BCUT2D eigenvalue weighted by Crippen LogP contribution is 2.53. The number of fused-ring (bicyclic) bond motifs is 3. The van der Waals surface area contributed by atoms with Crippen LogP contribution in [0, 0.1) is 0 Å². The van der Waals surface area contributed by atoms with E-state index in [1.54, 1.807) is 0 Å². The van der Waals surface area contributed by atoms with Crippen molar-refractivity contribution in [3.8, 4) is 11.1 Å². The maximum Gasteiger partial charge on any atom is 0.493 e. The molecule has 6 heteroatoms. The first-order valence-electron chi connectivity index (χ1n) is 14.9. The molecule has 0 radical (unpaired) electrons. The van der Waals surface area contributed by atoms with Gasteiger partial charge >= 0.3 is 14.6 Å². The molecule has 0 saturated carbocycles. The molecule has 0 aromatic heterocycles. The van der Waals surface area contributed by atoms with Crippen molar-refractivity contribution < 1.29 is 19.1 Å². The Hall–Kier alpha value is -1.59. The van der Waals surface area contributed by atoms with E-state index < -0.39 is 0 Å². The third-order valence-electron chi connectivity index (χ3n) is 8.18. The minimum Gasteiger partial charge on any atom is -0.434 e. The van der Waals surface area contributed by atoms with Gasteiger partial charge in [0.05, 0.1) is 0 Å². The maximum atomic E-state index is 9.12. The number of aliphatic hydroxyl groups is 1. The predicted octanol–water partition coefficient (Wildman–Crippen LogP) is 5.40. The van der Waals surface area contributed by atoms with Gasteiger partial charge in [0, 0.05) is 31.8 Å². The van der Waals surface area contributed by atoms with E-state index in [2.05, 4.69) is 50.2 Å². The Morgan fingerprint density at radius 1 is 0.838 bits per heavy atom. The molecular weight excluding hydrogens is 458 g/mol. The van der Waals surface area contributed by atoms with Crippen molar-refractivity contribution in [1.29, 1.82) is 0 Å². The topological polar surface area (TPSA) is 47.9 Å². The Bertz CT molecular complexity index is 962. The van der Waals surface area contributed by atoms with Gasteiger partial charge in [-0.2, -0.15) is 0 Å². The highest BCUT2D eigenvalue weighted by molar-refractivity contribution is 6.61. The number of unbranched alkanes of at least 4 members (excludes halogenated alkanes) is 6. The fourth-order valence-corrected chi connectivity index (χ4v) is 6.20. The van der Waals surface area contributed by atoms with Crippen LogP contribution in [0.5, 0.6) is 0 Å². The fourth-order valence-electron chi connectivity index (χ4n) is 6.20. The third kappa shape index (κ3) is 6.89. The monoisotopic (exact) mass is 504 g/mol. The van der Waals surface area contributed by atoms with Crippen molar-refractivity contribution in [3.63, 3.8) is 0 Å². The molecule has 0 unspecified atom stereocenters. The summed E-state index contributed by atoms with van der Waals surface area (Å²) in [7, 11) is 0.344. The molecule has 0 atom stereocenters. The highest BCUT2D eigenvalue weighted by atomic mass is 16.6.